The molecule has 4 aromatic rings. The Hall–Kier alpha value is -4.47. The van der Waals surface area contributed by atoms with Gasteiger partial charge in [0.05, 0.1) is 16.5 Å². The molecule has 0 unspecified atom stereocenters. The van der Waals surface area contributed by atoms with Gasteiger partial charge in [0.1, 0.15) is 0 Å². The fourth-order valence-corrected chi connectivity index (χ4v) is 4.67. The van der Waals surface area contributed by atoms with E-state index in [0.717, 1.165) is 10.8 Å². The van der Waals surface area contributed by atoms with Crippen molar-refractivity contribution in [1.82, 2.24) is 14.4 Å². The number of carbonyl (C=O) groups is 2. The first-order chi connectivity index (χ1) is 17.4. The Kier molecular flexibility index (Phi) is 6.24. The summed E-state index contributed by atoms with van der Waals surface area (Å²) in [6, 6.07) is 17.5. The minimum Gasteiger partial charge on any atom is -0.407 e. The van der Waals surface area contributed by atoms with Crippen molar-refractivity contribution >= 4 is 39.4 Å². The zero-order valence-electron chi connectivity index (χ0n) is 19.5. The molecule has 0 saturated carbocycles. The molecule has 5 rings (SSSR count). The van der Waals surface area contributed by atoms with E-state index in [2.05, 4.69) is 0 Å². The summed E-state index contributed by atoms with van der Waals surface area (Å²) in [5.41, 5.74) is 1.11. The van der Waals surface area contributed by atoms with Crippen molar-refractivity contribution in [2.24, 2.45) is 0 Å². The van der Waals surface area contributed by atoms with Gasteiger partial charge < -0.3 is 14.2 Å². The largest absolute Gasteiger partial charge is 0.419 e. The fraction of sp³-hybridized carbons (Fsp3) is 0.269. The Morgan fingerprint density at radius 1 is 0.944 bits per heavy atom. The van der Waals surface area contributed by atoms with Crippen LogP contribution in [0.2, 0.25) is 0 Å². The number of rotatable bonds is 6. The quantitative estimate of drug-likeness (QED) is 0.303. The molecule has 0 atom stereocenters. The third-order valence-corrected chi connectivity index (χ3v) is 6.57. The summed E-state index contributed by atoms with van der Waals surface area (Å²) in [6.45, 7) is 2.08. The van der Waals surface area contributed by atoms with Gasteiger partial charge in [0.2, 0.25) is 5.91 Å². The van der Waals surface area contributed by atoms with Gasteiger partial charge in [-0.15, -0.1) is 0 Å². The standard InChI is InChI=1S/C26H24N4O6/c31-24(9-4-12-29-22-11-10-19(30(34)35)17-23(22)36-26(29)33)27-13-15-28(16-14-27)25(32)21-8-3-6-18-5-1-2-7-20(18)21/h1-3,5-8,10-11,17H,4,9,12-16H2. The Balaban J connectivity index is 1.16. The van der Waals surface area contributed by atoms with Crippen LogP contribution in [0.15, 0.2) is 69.9 Å². The van der Waals surface area contributed by atoms with Gasteiger partial charge >= 0.3 is 5.76 Å². The van der Waals surface area contributed by atoms with Gasteiger partial charge in [0.15, 0.2) is 5.58 Å². The first kappa shape index (κ1) is 23.3. The van der Waals surface area contributed by atoms with Gasteiger partial charge in [-0.3, -0.25) is 24.3 Å². The van der Waals surface area contributed by atoms with Crippen molar-refractivity contribution in [3.63, 3.8) is 0 Å². The molecule has 1 fully saturated rings. The fourth-order valence-electron chi connectivity index (χ4n) is 4.67. The van der Waals surface area contributed by atoms with Crippen LogP contribution in [0.4, 0.5) is 5.69 Å². The highest BCUT2D eigenvalue weighted by molar-refractivity contribution is 6.07. The lowest BCUT2D eigenvalue weighted by atomic mass is 10.0. The monoisotopic (exact) mass is 488 g/mol. The highest BCUT2D eigenvalue weighted by Crippen LogP contribution is 2.22. The number of nitro benzene ring substituents is 1. The molecule has 1 aliphatic rings. The van der Waals surface area contributed by atoms with E-state index in [-0.39, 0.29) is 36.1 Å². The molecule has 0 spiro atoms. The SMILES string of the molecule is O=C(CCCn1c(=O)oc2cc([N+](=O)[O-])ccc21)N1CCN(C(=O)c2cccc3ccccc23)CC1. The molecule has 1 aromatic heterocycles. The number of amides is 2. The normalized spacial score (nSPS) is 13.9. The lowest BCUT2D eigenvalue weighted by molar-refractivity contribution is -0.384. The lowest BCUT2D eigenvalue weighted by Crippen LogP contribution is -2.50. The van der Waals surface area contributed by atoms with Crippen molar-refractivity contribution in [2.45, 2.75) is 19.4 Å². The molecule has 0 N–H and O–H groups in total. The number of fused-ring (bicyclic) bond motifs is 2. The van der Waals surface area contributed by atoms with Crippen LogP contribution in [0.3, 0.4) is 0 Å². The van der Waals surface area contributed by atoms with Crippen LogP contribution in [0.1, 0.15) is 23.2 Å². The number of aromatic nitrogens is 1. The third-order valence-electron chi connectivity index (χ3n) is 6.57. The van der Waals surface area contributed by atoms with Crippen molar-refractivity contribution in [2.75, 3.05) is 26.2 Å². The Morgan fingerprint density at radius 2 is 1.67 bits per heavy atom. The van der Waals surface area contributed by atoms with Gasteiger partial charge in [0.25, 0.3) is 11.6 Å². The number of oxazole rings is 1. The average Bonchev–Trinajstić information content (AvgIpc) is 3.22. The minimum absolute atomic E-state index is 0.0367. The summed E-state index contributed by atoms with van der Waals surface area (Å²) >= 11 is 0. The number of non-ortho nitro benzene ring substituents is 1. The zero-order valence-corrected chi connectivity index (χ0v) is 19.5. The van der Waals surface area contributed by atoms with Crippen LogP contribution in [0, 0.1) is 10.1 Å². The van der Waals surface area contributed by atoms with E-state index >= 15 is 0 Å². The molecular formula is C26H24N4O6. The Bertz CT molecular complexity index is 1530. The van der Waals surface area contributed by atoms with Gasteiger partial charge in [-0.25, -0.2) is 4.79 Å². The Morgan fingerprint density at radius 3 is 2.44 bits per heavy atom. The maximum Gasteiger partial charge on any atom is 0.419 e. The van der Waals surface area contributed by atoms with Crippen LogP contribution < -0.4 is 5.76 Å². The molecule has 10 nitrogen and oxygen atoms in total. The van der Waals surface area contributed by atoms with Crippen LogP contribution in [-0.2, 0) is 11.3 Å². The molecule has 3 aromatic carbocycles. The summed E-state index contributed by atoms with van der Waals surface area (Å²) in [7, 11) is 0. The van der Waals surface area contributed by atoms with Crippen LogP contribution in [-0.4, -0.2) is 57.3 Å². The summed E-state index contributed by atoms with van der Waals surface area (Å²) in [5, 5.41) is 12.9. The summed E-state index contributed by atoms with van der Waals surface area (Å²) in [6.07, 6.45) is 0.656. The summed E-state index contributed by atoms with van der Waals surface area (Å²) < 4.78 is 6.51. The van der Waals surface area contributed by atoms with Gasteiger partial charge in [0, 0.05) is 50.8 Å². The van der Waals surface area contributed by atoms with E-state index in [1.54, 1.807) is 9.80 Å². The highest BCUT2D eigenvalue weighted by atomic mass is 16.6. The second kappa shape index (κ2) is 9.65. The molecular weight excluding hydrogens is 464 g/mol. The predicted molar refractivity (Wildman–Crippen MR) is 133 cm³/mol. The third kappa shape index (κ3) is 4.45. The maximum absolute atomic E-state index is 13.1. The first-order valence-corrected chi connectivity index (χ1v) is 11.7. The first-order valence-electron chi connectivity index (χ1n) is 11.7. The summed E-state index contributed by atoms with van der Waals surface area (Å²) in [4.78, 5) is 52.0. The van der Waals surface area contributed by atoms with Crippen molar-refractivity contribution in [1.29, 1.82) is 0 Å². The van der Waals surface area contributed by atoms with E-state index in [1.165, 1.54) is 22.8 Å². The predicted octanol–water partition coefficient (Wildman–Crippen LogP) is 3.42. The van der Waals surface area contributed by atoms with Crippen LogP contribution in [0.25, 0.3) is 21.9 Å². The molecule has 0 bridgehead atoms. The number of hydrogen-bond donors (Lipinski definition) is 0. The number of nitro groups is 1. The highest BCUT2D eigenvalue weighted by Gasteiger charge is 2.25. The smallest absolute Gasteiger partial charge is 0.407 e. The molecule has 0 aliphatic carbocycles. The number of nitrogens with zero attached hydrogens (tertiary/aromatic N) is 4. The summed E-state index contributed by atoms with van der Waals surface area (Å²) in [5.74, 6) is -0.687. The second-order valence-corrected chi connectivity index (χ2v) is 8.73. The molecule has 1 aliphatic heterocycles. The number of carbonyl (C=O) groups excluding carboxylic acids is 2. The topological polar surface area (TPSA) is 119 Å². The molecule has 1 saturated heterocycles. The van der Waals surface area contributed by atoms with Crippen molar-refractivity contribution in [3.05, 3.63) is 86.9 Å². The lowest BCUT2D eigenvalue weighted by Gasteiger charge is -2.35. The van der Waals surface area contributed by atoms with E-state index < -0.39 is 10.7 Å². The molecule has 2 amide bonds. The molecule has 36 heavy (non-hydrogen) atoms. The van der Waals surface area contributed by atoms with Gasteiger partial charge in [-0.05, 0) is 29.3 Å². The number of piperazine rings is 1. The number of aryl methyl sites for hydroxylation is 1. The van der Waals surface area contributed by atoms with Gasteiger partial charge in [-0.1, -0.05) is 36.4 Å². The zero-order chi connectivity index (χ0) is 25.2. The van der Waals surface area contributed by atoms with E-state index in [4.69, 9.17) is 4.42 Å². The Labute approximate surface area is 205 Å². The van der Waals surface area contributed by atoms with Crippen LogP contribution in [0.5, 0.6) is 0 Å². The van der Waals surface area contributed by atoms with E-state index in [9.17, 15) is 24.5 Å². The molecule has 10 heteroatoms. The van der Waals surface area contributed by atoms with Gasteiger partial charge in [-0.2, -0.15) is 0 Å². The number of benzene rings is 3. The minimum atomic E-state index is -0.612. The molecule has 184 valence electrons. The van der Waals surface area contributed by atoms with Crippen molar-refractivity contribution < 1.29 is 18.9 Å². The van der Waals surface area contributed by atoms with E-state index in [0.29, 0.717) is 43.7 Å². The van der Waals surface area contributed by atoms with Crippen molar-refractivity contribution in [3.8, 4) is 0 Å². The second-order valence-electron chi connectivity index (χ2n) is 8.73. The number of hydrogen-bond acceptors (Lipinski definition) is 6. The van der Waals surface area contributed by atoms with Crippen LogP contribution >= 0.6 is 0 Å². The molecule has 2 heterocycles. The van der Waals surface area contributed by atoms with E-state index in [1.807, 2.05) is 42.5 Å². The molecule has 0 radical (unpaired) electrons. The maximum atomic E-state index is 13.1. The average molecular weight is 489 g/mol.